The molecule has 2 aromatic carbocycles. The Kier molecular flexibility index (Phi) is 7.36. The van der Waals surface area contributed by atoms with E-state index in [1.54, 1.807) is 13.2 Å². The molecule has 0 spiro atoms. The number of benzene rings is 2. The Morgan fingerprint density at radius 1 is 1.15 bits per heavy atom. The van der Waals surface area contributed by atoms with Crippen LogP contribution in [0.15, 0.2) is 61.2 Å². The predicted molar refractivity (Wildman–Crippen MR) is 130 cm³/mol. The molecule has 2 fully saturated rings. The van der Waals surface area contributed by atoms with E-state index in [0.717, 1.165) is 48.4 Å². The Hall–Kier alpha value is -2.83. The van der Waals surface area contributed by atoms with Gasteiger partial charge in [-0.15, -0.1) is 0 Å². The van der Waals surface area contributed by atoms with Crippen LogP contribution in [0.4, 0.5) is 5.69 Å². The number of fused-ring (bicyclic) bond motifs is 1. The zero-order valence-electron chi connectivity index (χ0n) is 19.3. The average Bonchev–Trinajstić information content (AvgIpc) is 2.83. The molecule has 2 N–H and O–H groups in total. The molecule has 2 aromatic rings. The molecule has 0 unspecified atom stereocenters. The molecule has 33 heavy (non-hydrogen) atoms. The zero-order valence-corrected chi connectivity index (χ0v) is 19.3. The lowest BCUT2D eigenvalue weighted by molar-refractivity contribution is -0.135. The summed E-state index contributed by atoms with van der Waals surface area (Å²) in [4.78, 5) is 15.2. The second-order valence-electron chi connectivity index (χ2n) is 9.07. The maximum Gasteiger partial charge on any atom is 0.238 e. The number of anilines is 1. The third-order valence-electron chi connectivity index (χ3n) is 6.98. The van der Waals surface area contributed by atoms with E-state index in [4.69, 9.17) is 9.47 Å². The summed E-state index contributed by atoms with van der Waals surface area (Å²) in [5.41, 5.74) is 1.19. The van der Waals surface area contributed by atoms with Crippen molar-refractivity contribution in [1.29, 1.82) is 0 Å². The highest BCUT2D eigenvalue weighted by molar-refractivity contribution is 5.92. The van der Waals surface area contributed by atoms with Crippen molar-refractivity contribution in [3.63, 3.8) is 0 Å². The number of nitrogens with zero attached hydrogens (tertiary/aromatic N) is 1. The summed E-state index contributed by atoms with van der Waals surface area (Å²) in [6, 6.07) is 15.4. The monoisotopic (exact) mass is 450 g/mol. The van der Waals surface area contributed by atoms with E-state index in [1.807, 2.05) is 36.4 Å². The van der Waals surface area contributed by atoms with Gasteiger partial charge in [-0.2, -0.15) is 0 Å². The molecule has 1 heterocycles. The molecule has 0 aromatic heterocycles. The topological polar surface area (TPSA) is 71.0 Å². The van der Waals surface area contributed by atoms with Crippen LogP contribution >= 0.6 is 0 Å². The van der Waals surface area contributed by atoms with Crippen LogP contribution in [0.3, 0.4) is 0 Å². The average molecular weight is 451 g/mol. The van der Waals surface area contributed by atoms with Gasteiger partial charge in [-0.05, 0) is 61.2 Å². The van der Waals surface area contributed by atoms with Gasteiger partial charge in [-0.25, -0.2) is 0 Å². The van der Waals surface area contributed by atoms with E-state index < -0.39 is 5.60 Å². The van der Waals surface area contributed by atoms with Crippen LogP contribution in [-0.4, -0.2) is 48.3 Å². The molecular weight excluding hydrogens is 416 g/mol. The molecule has 0 radical (unpaired) electrons. The van der Waals surface area contributed by atoms with Crippen LogP contribution in [0.5, 0.6) is 11.5 Å². The summed E-state index contributed by atoms with van der Waals surface area (Å²) in [5, 5.41) is 14.5. The summed E-state index contributed by atoms with van der Waals surface area (Å²) in [6.07, 6.45) is 6.39. The summed E-state index contributed by atoms with van der Waals surface area (Å²) in [6.45, 7) is 5.11. The van der Waals surface area contributed by atoms with Crippen LogP contribution < -0.4 is 14.8 Å². The van der Waals surface area contributed by atoms with Gasteiger partial charge in [0.05, 0.1) is 19.3 Å². The van der Waals surface area contributed by atoms with Crippen molar-refractivity contribution in [1.82, 2.24) is 4.90 Å². The minimum atomic E-state index is -0.663. The molecule has 1 aliphatic carbocycles. The third kappa shape index (κ3) is 5.40. The maximum absolute atomic E-state index is 12.9. The van der Waals surface area contributed by atoms with Gasteiger partial charge < -0.3 is 19.9 Å². The van der Waals surface area contributed by atoms with Gasteiger partial charge in [0.2, 0.25) is 5.91 Å². The highest BCUT2D eigenvalue weighted by atomic mass is 16.5. The smallest absolute Gasteiger partial charge is 0.238 e. The van der Waals surface area contributed by atoms with Gasteiger partial charge in [0.15, 0.2) is 0 Å². The number of piperidine rings is 1. The van der Waals surface area contributed by atoms with Gasteiger partial charge in [-0.1, -0.05) is 37.6 Å². The molecule has 1 aliphatic heterocycles. The Morgan fingerprint density at radius 2 is 1.88 bits per heavy atom. The van der Waals surface area contributed by atoms with Crippen molar-refractivity contribution in [2.75, 3.05) is 32.1 Å². The molecule has 3 atom stereocenters. The summed E-state index contributed by atoms with van der Waals surface area (Å²) < 4.78 is 10.8. The van der Waals surface area contributed by atoms with Crippen molar-refractivity contribution in [3.05, 3.63) is 66.7 Å². The molecule has 6 heteroatoms. The van der Waals surface area contributed by atoms with Crippen LogP contribution in [0.1, 0.15) is 43.7 Å². The number of nitrogens with one attached hydrogen (secondary N) is 1. The van der Waals surface area contributed by atoms with Gasteiger partial charge in [-0.3, -0.25) is 9.69 Å². The molecular formula is C27H34N2O4. The summed E-state index contributed by atoms with van der Waals surface area (Å²) in [5.74, 6) is 1.59. The Bertz CT molecular complexity index is 944. The molecule has 176 valence electrons. The standard InChI is InChI=1S/C27H34N2O4/c1-3-18-33-23-11-7-20(8-12-23)26-24-6-4-5-15-27(24,31)16-17-29(26)19-25(30)28-21-9-13-22(32-2)14-10-21/h3,7-14,24,26,31H,1,4-6,15-19H2,2H3,(H,28,30)/t24-,26-,27-/m1/s1. The summed E-state index contributed by atoms with van der Waals surface area (Å²) in [7, 11) is 1.62. The first-order valence-corrected chi connectivity index (χ1v) is 11.8. The van der Waals surface area contributed by atoms with Crippen molar-refractivity contribution < 1.29 is 19.4 Å². The van der Waals surface area contributed by atoms with E-state index in [2.05, 4.69) is 28.9 Å². The second-order valence-corrected chi connectivity index (χ2v) is 9.07. The minimum Gasteiger partial charge on any atom is -0.497 e. The number of hydrogen-bond donors (Lipinski definition) is 2. The fourth-order valence-corrected chi connectivity index (χ4v) is 5.34. The van der Waals surface area contributed by atoms with E-state index >= 15 is 0 Å². The van der Waals surface area contributed by atoms with Gasteiger partial charge in [0.25, 0.3) is 0 Å². The normalized spacial score (nSPS) is 25.0. The van der Waals surface area contributed by atoms with Crippen molar-refractivity contribution >= 4 is 11.6 Å². The number of likely N-dealkylation sites (tertiary alicyclic amines) is 1. The molecule has 1 amide bonds. The highest BCUT2D eigenvalue weighted by Gasteiger charge is 2.49. The molecule has 6 nitrogen and oxygen atoms in total. The number of carbonyl (C=O) groups excluding carboxylic acids is 1. The van der Waals surface area contributed by atoms with Crippen molar-refractivity contribution in [2.45, 2.75) is 43.7 Å². The van der Waals surface area contributed by atoms with E-state index in [0.29, 0.717) is 19.6 Å². The number of rotatable bonds is 8. The molecule has 4 rings (SSSR count). The number of methoxy groups -OCH3 is 1. The van der Waals surface area contributed by atoms with Crippen LogP contribution in [0, 0.1) is 5.92 Å². The van der Waals surface area contributed by atoms with Crippen molar-refractivity contribution in [2.24, 2.45) is 5.92 Å². The maximum atomic E-state index is 12.9. The zero-order chi connectivity index (χ0) is 23.3. The lowest BCUT2D eigenvalue weighted by Crippen LogP contribution is -2.56. The first-order valence-electron chi connectivity index (χ1n) is 11.8. The van der Waals surface area contributed by atoms with Crippen LogP contribution in [0.25, 0.3) is 0 Å². The lowest BCUT2D eigenvalue weighted by Gasteiger charge is -2.52. The van der Waals surface area contributed by atoms with Crippen molar-refractivity contribution in [3.8, 4) is 11.5 Å². The quantitative estimate of drug-likeness (QED) is 0.577. The first-order chi connectivity index (χ1) is 16.0. The van der Waals surface area contributed by atoms with E-state index in [-0.39, 0.29) is 24.4 Å². The number of carbonyl (C=O) groups is 1. The highest BCUT2D eigenvalue weighted by Crippen LogP contribution is 2.49. The number of ether oxygens (including phenoxy) is 2. The molecule has 0 bridgehead atoms. The minimum absolute atomic E-state index is 0.0147. The predicted octanol–water partition coefficient (Wildman–Crippen LogP) is 4.57. The second kappa shape index (κ2) is 10.4. The molecule has 1 saturated carbocycles. The fourth-order valence-electron chi connectivity index (χ4n) is 5.34. The Labute approximate surface area is 196 Å². The summed E-state index contributed by atoms with van der Waals surface area (Å²) >= 11 is 0. The van der Waals surface area contributed by atoms with E-state index in [1.165, 1.54) is 0 Å². The number of amides is 1. The van der Waals surface area contributed by atoms with Gasteiger partial charge in [0.1, 0.15) is 18.1 Å². The van der Waals surface area contributed by atoms with Gasteiger partial charge in [0, 0.05) is 24.2 Å². The number of hydrogen-bond acceptors (Lipinski definition) is 5. The Morgan fingerprint density at radius 3 is 2.58 bits per heavy atom. The lowest BCUT2D eigenvalue weighted by atomic mass is 9.66. The van der Waals surface area contributed by atoms with Crippen LogP contribution in [0.2, 0.25) is 0 Å². The van der Waals surface area contributed by atoms with Crippen LogP contribution in [-0.2, 0) is 4.79 Å². The fraction of sp³-hybridized carbons (Fsp3) is 0.444. The largest absolute Gasteiger partial charge is 0.497 e. The third-order valence-corrected chi connectivity index (χ3v) is 6.98. The number of aliphatic hydroxyl groups is 1. The first kappa shape index (κ1) is 23.3. The Balaban J connectivity index is 1.53. The SMILES string of the molecule is C=CCOc1ccc([C@@H]2[C@H]3CCCC[C@@]3(O)CCN2CC(=O)Nc2ccc(OC)cc2)cc1. The van der Waals surface area contributed by atoms with Gasteiger partial charge >= 0.3 is 0 Å². The molecule has 1 saturated heterocycles. The molecule has 2 aliphatic rings. The van der Waals surface area contributed by atoms with E-state index in [9.17, 15) is 9.90 Å².